The van der Waals surface area contributed by atoms with Crippen molar-refractivity contribution in [2.24, 2.45) is 5.92 Å². The van der Waals surface area contributed by atoms with Crippen molar-refractivity contribution in [1.82, 2.24) is 9.62 Å². The summed E-state index contributed by atoms with van der Waals surface area (Å²) in [6.45, 7) is 1.09. The van der Waals surface area contributed by atoms with E-state index in [-0.39, 0.29) is 29.6 Å². The van der Waals surface area contributed by atoms with Crippen molar-refractivity contribution in [3.63, 3.8) is 0 Å². The Hall–Kier alpha value is -3.69. The first kappa shape index (κ1) is 27.3. The Morgan fingerprint density at radius 3 is 2.11 bits per heavy atom. The van der Waals surface area contributed by atoms with E-state index >= 15 is 0 Å². The molecule has 1 atom stereocenters. The Morgan fingerprint density at radius 2 is 1.50 bits per heavy atom. The largest absolute Gasteiger partial charge is 0.489 e. The van der Waals surface area contributed by atoms with Crippen LogP contribution in [0.15, 0.2) is 89.8 Å². The van der Waals surface area contributed by atoms with Gasteiger partial charge in [-0.3, -0.25) is 4.79 Å². The van der Waals surface area contributed by atoms with Crippen LogP contribution >= 0.6 is 0 Å². The fourth-order valence-corrected chi connectivity index (χ4v) is 6.00. The van der Waals surface area contributed by atoms with Gasteiger partial charge in [-0.15, -0.1) is 0 Å². The lowest BCUT2D eigenvalue weighted by Gasteiger charge is -2.31. The van der Waals surface area contributed by atoms with Crippen molar-refractivity contribution in [2.75, 3.05) is 13.1 Å². The predicted octanol–water partition coefficient (Wildman–Crippen LogP) is 3.87. The van der Waals surface area contributed by atoms with E-state index in [1.54, 1.807) is 54.6 Å². The van der Waals surface area contributed by atoms with Gasteiger partial charge in [-0.2, -0.15) is 4.31 Å². The number of carbonyl (C=O) groups excluding carboxylic acids is 1. The molecule has 1 aliphatic heterocycles. The lowest BCUT2D eigenvalue weighted by Crippen LogP contribution is -2.44. The number of aliphatic carboxylic acids is 1. The van der Waals surface area contributed by atoms with Gasteiger partial charge in [-0.1, -0.05) is 60.7 Å². The average molecular weight is 537 g/mol. The van der Waals surface area contributed by atoms with Crippen LogP contribution in [0.2, 0.25) is 0 Å². The average Bonchev–Trinajstić information content (AvgIpc) is 2.93. The standard InChI is InChI=1S/C29H32N2O6S/c32-28(20-23-15-17-31(18-16-23)38(35,36)26-9-5-2-6-10-26)30-27(29(33)34)19-22-11-13-25(14-12-22)37-21-24-7-3-1-4-8-24/h1-14,23,27H,15-21H2,(H,30,32)(H,33,34)/t27-/m0/s1. The Balaban J connectivity index is 1.25. The number of ether oxygens (including phenoxy) is 1. The van der Waals surface area contributed by atoms with Crippen LogP contribution in [0.25, 0.3) is 0 Å². The number of nitrogens with one attached hydrogen (secondary N) is 1. The SMILES string of the molecule is O=C(CC1CCN(S(=O)(=O)c2ccccc2)CC1)N[C@@H](Cc1ccc(OCc2ccccc2)cc1)C(=O)O. The highest BCUT2D eigenvalue weighted by atomic mass is 32.2. The van der Waals surface area contributed by atoms with Crippen LogP contribution in [0.4, 0.5) is 0 Å². The second kappa shape index (κ2) is 12.7. The second-order valence-electron chi connectivity index (χ2n) is 9.45. The number of sulfonamides is 1. The fourth-order valence-electron chi connectivity index (χ4n) is 4.51. The van der Waals surface area contributed by atoms with Crippen LogP contribution in [0.1, 0.15) is 30.4 Å². The van der Waals surface area contributed by atoms with Gasteiger partial charge in [0.25, 0.3) is 0 Å². The summed E-state index contributed by atoms with van der Waals surface area (Å²) in [5, 5.41) is 12.3. The molecule has 0 bridgehead atoms. The summed E-state index contributed by atoms with van der Waals surface area (Å²) in [6.07, 6.45) is 1.40. The van der Waals surface area contributed by atoms with E-state index in [1.165, 1.54) is 4.31 Å². The molecule has 1 aliphatic rings. The molecule has 0 unspecified atom stereocenters. The molecule has 0 aromatic heterocycles. The lowest BCUT2D eigenvalue weighted by molar-refractivity contribution is -0.142. The van der Waals surface area contributed by atoms with Gasteiger partial charge in [-0.25, -0.2) is 13.2 Å². The number of carbonyl (C=O) groups is 2. The summed E-state index contributed by atoms with van der Waals surface area (Å²) in [5.41, 5.74) is 1.82. The highest BCUT2D eigenvalue weighted by molar-refractivity contribution is 7.89. The highest BCUT2D eigenvalue weighted by Gasteiger charge is 2.30. The van der Waals surface area contributed by atoms with Gasteiger partial charge in [0, 0.05) is 25.9 Å². The smallest absolute Gasteiger partial charge is 0.326 e. The van der Waals surface area contributed by atoms with Gasteiger partial charge in [0.05, 0.1) is 4.90 Å². The molecule has 38 heavy (non-hydrogen) atoms. The molecule has 0 saturated carbocycles. The first-order valence-electron chi connectivity index (χ1n) is 12.6. The van der Waals surface area contributed by atoms with Gasteiger partial charge in [0.1, 0.15) is 18.4 Å². The maximum Gasteiger partial charge on any atom is 0.326 e. The van der Waals surface area contributed by atoms with Crippen LogP contribution in [0.5, 0.6) is 5.75 Å². The van der Waals surface area contributed by atoms with Crippen molar-refractivity contribution in [3.05, 3.63) is 96.1 Å². The molecule has 0 radical (unpaired) electrons. The molecule has 8 nitrogen and oxygen atoms in total. The summed E-state index contributed by atoms with van der Waals surface area (Å²) < 4.78 is 32.8. The van der Waals surface area contributed by atoms with E-state index in [9.17, 15) is 23.1 Å². The predicted molar refractivity (Wildman–Crippen MR) is 143 cm³/mol. The first-order valence-corrected chi connectivity index (χ1v) is 14.1. The molecule has 1 fully saturated rings. The number of piperidine rings is 1. The second-order valence-corrected chi connectivity index (χ2v) is 11.4. The minimum absolute atomic E-state index is 0.00675. The molecule has 3 aromatic rings. The quantitative estimate of drug-likeness (QED) is 0.385. The molecule has 3 aromatic carbocycles. The Labute approximate surface area is 223 Å². The number of hydrogen-bond acceptors (Lipinski definition) is 5. The molecule has 1 heterocycles. The Bertz CT molecular complexity index is 1310. The van der Waals surface area contributed by atoms with Crippen molar-refractivity contribution in [2.45, 2.75) is 43.2 Å². The normalized spacial score (nSPS) is 15.5. The van der Waals surface area contributed by atoms with Gasteiger partial charge >= 0.3 is 5.97 Å². The van der Waals surface area contributed by atoms with Crippen LogP contribution in [-0.4, -0.2) is 48.8 Å². The van der Waals surface area contributed by atoms with E-state index < -0.39 is 22.0 Å². The summed E-state index contributed by atoms with van der Waals surface area (Å²) in [5.74, 6) is -0.780. The fraction of sp³-hybridized carbons (Fsp3) is 0.310. The molecule has 2 N–H and O–H groups in total. The molecular formula is C29H32N2O6S. The minimum Gasteiger partial charge on any atom is -0.489 e. The topological polar surface area (TPSA) is 113 Å². The zero-order valence-electron chi connectivity index (χ0n) is 21.0. The van der Waals surface area contributed by atoms with E-state index in [0.717, 1.165) is 11.1 Å². The number of carboxylic acid groups (broad SMARTS) is 1. The first-order chi connectivity index (χ1) is 18.3. The van der Waals surface area contributed by atoms with E-state index in [1.807, 2.05) is 30.3 Å². The van der Waals surface area contributed by atoms with Crippen LogP contribution in [-0.2, 0) is 32.6 Å². The number of carboxylic acids is 1. The summed E-state index contributed by atoms with van der Waals surface area (Å²) in [6, 6.07) is 24.2. The zero-order valence-corrected chi connectivity index (χ0v) is 21.8. The molecule has 4 rings (SSSR count). The lowest BCUT2D eigenvalue weighted by atomic mass is 9.94. The molecule has 1 saturated heterocycles. The van der Waals surface area contributed by atoms with Crippen LogP contribution in [0, 0.1) is 5.92 Å². The van der Waals surface area contributed by atoms with Crippen molar-refractivity contribution < 1.29 is 27.9 Å². The third-order valence-electron chi connectivity index (χ3n) is 6.67. The highest BCUT2D eigenvalue weighted by Crippen LogP contribution is 2.25. The molecular weight excluding hydrogens is 504 g/mol. The summed E-state index contributed by atoms with van der Waals surface area (Å²) in [7, 11) is -3.55. The van der Waals surface area contributed by atoms with E-state index in [2.05, 4.69) is 5.32 Å². The number of rotatable bonds is 11. The zero-order chi connectivity index (χ0) is 27.0. The van der Waals surface area contributed by atoms with Crippen molar-refractivity contribution in [3.8, 4) is 5.75 Å². The van der Waals surface area contributed by atoms with Gasteiger partial charge in [0.15, 0.2) is 0 Å². The maximum absolute atomic E-state index is 12.8. The monoisotopic (exact) mass is 536 g/mol. The van der Waals surface area contributed by atoms with Crippen LogP contribution < -0.4 is 10.1 Å². The number of hydrogen-bond donors (Lipinski definition) is 2. The third-order valence-corrected chi connectivity index (χ3v) is 8.59. The number of benzene rings is 3. The molecule has 9 heteroatoms. The van der Waals surface area contributed by atoms with Crippen LogP contribution in [0.3, 0.4) is 0 Å². The van der Waals surface area contributed by atoms with E-state index in [0.29, 0.717) is 38.3 Å². The maximum atomic E-state index is 12.8. The molecule has 1 amide bonds. The van der Waals surface area contributed by atoms with Gasteiger partial charge in [-0.05, 0) is 54.2 Å². The van der Waals surface area contributed by atoms with Crippen molar-refractivity contribution in [1.29, 1.82) is 0 Å². The summed E-state index contributed by atoms with van der Waals surface area (Å²) in [4.78, 5) is 24.8. The minimum atomic E-state index is -3.55. The summed E-state index contributed by atoms with van der Waals surface area (Å²) >= 11 is 0. The van der Waals surface area contributed by atoms with Gasteiger partial charge in [0.2, 0.25) is 15.9 Å². The Kier molecular flexibility index (Phi) is 9.15. The number of amides is 1. The molecule has 0 aliphatic carbocycles. The molecule has 0 spiro atoms. The number of nitrogens with zero attached hydrogens (tertiary/aromatic N) is 1. The Morgan fingerprint density at radius 1 is 0.895 bits per heavy atom. The molecule has 200 valence electrons. The van der Waals surface area contributed by atoms with E-state index in [4.69, 9.17) is 4.74 Å². The van der Waals surface area contributed by atoms with Crippen molar-refractivity contribution >= 4 is 21.9 Å². The van der Waals surface area contributed by atoms with Gasteiger partial charge < -0.3 is 15.2 Å². The third kappa shape index (κ3) is 7.43.